The summed E-state index contributed by atoms with van der Waals surface area (Å²) < 4.78 is 5.17. The maximum Gasteiger partial charge on any atom is 0.287 e. The Morgan fingerprint density at radius 2 is 1.81 bits per heavy atom. The summed E-state index contributed by atoms with van der Waals surface area (Å²) in [4.78, 5) is 16.2. The Morgan fingerprint density at radius 3 is 2.46 bits per heavy atom. The van der Waals surface area contributed by atoms with Crippen LogP contribution in [0.2, 0.25) is 0 Å². The first-order valence-corrected chi connectivity index (χ1v) is 8.99. The molecule has 2 rings (SSSR count). The molecule has 6 nitrogen and oxygen atoms in total. The predicted molar refractivity (Wildman–Crippen MR) is 104 cm³/mol. The van der Waals surface area contributed by atoms with E-state index in [9.17, 15) is 4.79 Å². The lowest BCUT2D eigenvalue weighted by Gasteiger charge is -2.14. The first-order chi connectivity index (χ1) is 12.7. The molecule has 0 unspecified atom stereocenters. The molecule has 0 aliphatic heterocycles. The van der Waals surface area contributed by atoms with E-state index in [2.05, 4.69) is 52.1 Å². The summed E-state index contributed by atoms with van der Waals surface area (Å²) >= 11 is 0. The average Bonchev–Trinajstić information content (AvgIpc) is 3.10. The minimum absolute atomic E-state index is 0.175. The van der Waals surface area contributed by atoms with Crippen LogP contribution in [0.5, 0.6) is 0 Å². The van der Waals surface area contributed by atoms with Crippen LogP contribution in [0.1, 0.15) is 40.6 Å². The van der Waals surface area contributed by atoms with Gasteiger partial charge in [-0.3, -0.25) is 9.79 Å². The molecule has 6 heteroatoms. The summed E-state index contributed by atoms with van der Waals surface area (Å²) in [5.74, 6) is 0.959. The van der Waals surface area contributed by atoms with E-state index in [1.54, 1.807) is 13.1 Å². The van der Waals surface area contributed by atoms with Gasteiger partial charge in [0.1, 0.15) is 0 Å². The smallest absolute Gasteiger partial charge is 0.287 e. The van der Waals surface area contributed by atoms with Gasteiger partial charge in [0.25, 0.3) is 5.91 Å². The topological polar surface area (TPSA) is 78.7 Å². The van der Waals surface area contributed by atoms with Crippen molar-refractivity contribution in [3.63, 3.8) is 0 Å². The minimum Gasteiger partial charge on any atom is -0.459 e. The Kier molecular flexibility index (Phi) is 7.74. The van der Waals surface area contributed by atoms with Crippen molar-refractivity contribution in [1.29, 1.82) is 0 Å². The third-order valence-corrected chi connectivity index (χ3v) is 4.17. The highest BCUT2D eigenvalue weighted by Gasteiger charge is 2.11. The van der Waals surface area contributed by atoms with Crippen molar-refractivity contribution in [3.8, 4) is 0 Å². The van der Waals surface area contributed by atoms with E-state index in [4.69, 9.17) is 4.42 Å². The van der Waals surface area contributed by atoms with E-state index in [1.165, 1.54) is 17.4 Å². The number of hydrogen-bond acceptors (Lipinski definition) is 3. The summed E-state index contributed by atoms with van der Waals surface area (Å²) in [6.45, 7) is 6.03. The molecule has 26 heavy (non-hydrogen) atoms. The number of benzene rings is 1. The predicted octanol–water partition coefficient (Wildman–Crippen LogP) is 2.64. The first-order valence-electron chi connectivity index (χ1n) is 8.99. The van der Waals surface area contributed by atoms with Crippen LogP contribution in [0.3, 0.4) is 0 Å². The number of aliphatic imine (C=N–C) groups is 1. The van der Waals surface area contributed by atoms with Crippen LogP contribution in [0.4, 0.5) is 0 Å². The van der Waals surface area contributed by atoms with Crippen LogP contribution < -0.4 is 16.0 Å². The number of hydrogen-bond donors (Lipinski definition) is 3. The molecule has 0 fully saturated rings. The SMILES string of the molecule is CCc1ccccc1CNC(=NC)NCCCNC(=O)c1occc1C. The highest BCUT2D eigenvalue weighted by atomic mass is 16.3. The molecule has 2 aromatic rings. The molecule has 0 spiro atoms. The number of guanidine groups is 1. The van der Waals surface area contributed by atoms with Crippen LogP contribution in [0.25, 0.3) is 0 Å². The normalized spacial score (nSPS) is 11.3. The third kappa shape index (κ3) is 5.65. The molecule has 1 aromatic heterocycles. The summed E-state index contributed by atoms with van der Waals surface area (Å²) in [6, 6.07) is 10.2. The van der Waals surface area contributed by atoms with E-state index in [-0.39, 0.29) is 5.91 Å². The standard InChI is InChI=1S/C20H28N4O2/c1-4-16-8-5-6-9-17(16)14-24-20(21-3)23-12-7-11-22-19(25)18-15(2)10-13-26-18/h5-6,8-10,13H,4,7,11-12,14H2,1-3H3,(H,22,25)(H2,21,23,24). The maximum absolute atomic E-state index is 11.9. The van der Waals surface area contributed by atoms with Gasteiger partial charge in [-0.2, -0.15) is 0 Å². The fourth-order valence-electron chi connectivity index (χ4n) is 2.66. The van der Waals surface area contributed by atoms with Gasteiger partial charge >= 0.3 is 0 Å². The van der Waals surface area contributed by atoms with Gasteiger partial charge in [-0.1, -0.05) is 31.2 Å². The maximum atomic E-state index is 11.9. The van der Waals surface area contributed by atoms with Gasteiger partial charge in [-0.25, -0.2) is 0 Å². The average molecular weight is 356 g/mol. The molecule has 0 radical (unpaired) electrons. The van der Waals surface area contributed by atoms with Crippen LogP contribution in [0.15, 0.2) is 46.0 Å². The lowest BCUT2D eigenvalue weighted by molar-refractivity contribution is 0.0925. The Hall–Kier alpha value is -2.76. The molecule has 0 bridgehead atoms. The number of aryl methyl sites for hydroxylation is 2. The molecule has 1 heterocycles. The quantitative estimate of drug-likeness (QED) is 0.386. The minimum atomic E-state index is -0.175. The first kappa shape index (κ1) is 19.6. The van der Waals surface area contributed by atoms with Gasteiger partial charge in [0.2, 0.25) is 0 Å². The van der Waals surface area contributed by atoms with Crippen molar-refractivity contribution in [2.24, 2.45) is 4.99 Å². The van der Waals surface area contributed by atoms with E-state index in [0.29, 0.717) is 18.8 Å². The Bertz CT molecular complexity index is 737. The molecule has 1 amide bonds. The van der Waals surface area contributed by atoms with Crippen LogP contribution >= 0.6 is 0 Å². The molecular formula is C20H28N4O2. The van der Waals surface area contributed by atoms with E-state index in [0.717, 1.165) is 30.9 Å². The van der Waals surface area contributed by atoms with Gasteiger partial charge in [0, 0.05) is 32.2 Å². The lowest BCUT2D eigenvalue weighted by Crippen LogP contribution is -2.38. The third-order valence-electron chi connectivity index (χ3n) is 4.17. The summed E-state index contributed by atoms with van der Waals surface area (Å²) in [5.41, 5.74) is 3.46. The van der Waals surface area contributed by atoms with E-state index >= 15 is 0 Å². The molecular weight excluding hydrogens is 328 g/mol. The molecule has 0 saturated heterocycles. The second-order valence-corrected chi connectivity index (χ2v) is 6.02. The largest absolute Gasteiger partial charge is 0.459 e. The van der Waals surface area contributed by atoms with E-state index < -0.39 is 0 Å². The van der Waals surface area contributed by atoms with Crippen molar-refractivity contribution in [2.75, 3.05) is 20.1 Å². The lowest BCUT2D eigenvalue weighted by atomic mass is 10.1. The number of nitrogens with zero attached hydrogens (tertiary/aromatic N) is 1. The van der Waals surface area contributed by atoms with Crippen molar-refractivity contribution >= 4 is 11.9 Å². The fraction of sp³-hybridized carbons (Fsp3) is 0.400. The zero-order chi connectivity index (χ0) is 18.8. The number of carbonyl (C=O) groups is 1. The van der Waals surface area contributed by atoms with Gasteiger partial charge < -0.3 is 20.4 Å². The van der Waals surface area contributed by atoms with Gasteiger partial charge in [-0.05, 0) is 37.0 Å². The zero-order valence-corrected chi connectivity index (χ0v) is 15.8. The summed E-state index contributed by atoms with van der Waals surface area (Å²) in [5, 5.41) is 9.45. The number of nitrogens with one attached hydrogen (secondary N) is 3. The molecule has 0 aliphatic carbocycles. The highest BCUT2D eigenvalue weighted by molar-refractivity contribution is 5.92. The van der Waals surface area contributed by atoms with Gasteiger partial charge in [0.15, 0.2) is 11.7 Å². The second-order valence-electron chi connectivity index (χ2n) is 6.02. The Labute approximate surface area is 155 Å². The zero-order valence-electron chi connectivity index (χ0n) is 15.8. The Morgan fingerprint density at radius 1 is 1.08 bits per heavy atom. The van der Waals surface area contributed by atoms with Crippen molar-refractivity contribution in [3.05, 3.63) is 59.0 Å². The van der Waals surface area contributed by atoms with Crippen molar-refractivity contribution in [2.45, 2.75) is 33.2 Å². The van der Waals surface area contributed by atoms with Gasteiger partial charge in [0.05, 0.1) is 6.26 Å². The van der Waals surface area contributed by atoms with Crippen molar-refractivity contribution in [1.82, 2.24) is 16.0 Å². The van der Waals surface area contributed by atoms with Gasteiger partial charge in [-0.15, -0.1) is 0 Å². The molecule has 0 atom stereocenters. The second kappa shape index (κ2) is 10.3. The fourth-order valence-corrected chi connectivity index (χ4v) is 2.66. The number of furan rings is 1. The summed E-state index contributed by atoms with van der Waals surface area (Å²) in [6.07, 6.45) is 3.33. The molecule has 3 N–H and O–H groups in total. The van der Waals surface area contributed by atoms with Crippen LogP contribution in [-0.2, 0) is 13.0 Å². The molecule has 0 aliphatic rings. The molecule has 0 saturated carbocycles. The number of carbonyl (C=O) groups excluding carboxylic acids is 1. The molecule has 140 valence electrons. The highest BCUT2D eigenvalue weighted by Crippen LogP contribution is 2.09. The van der Waals surface area contributed by atoms with E-state index in [1.807, 2.05) is 6.92 Å². The Balaban J connectivity index is 1.67. The van der Waals surface area contributed by atoms with Crippen LogP contribution in [-0.4, -0.2) is 32.0 Å². The molecule has 1 aromatic carbocycles. The summed E-state index contributed by atoms with van der Waals surface area (Å²) in [7, 11) is 1.75. The number of rotatable bonds is 8. The number of amides is 1. The monoisotopic (exact) mass is 356 g/mol. The van der Waals surface area contributed by atoms with Crippen LogP contribution in [0, 0.1) is 6.92 Å². The van der Waals surface area contributed by atoms with Crippen molar-refractivity contribution < 1.29 is 9.21 Å².